The van der Waals surface area contributed by atoms with Gasteiger partial charge in [-0.2, -0.15) is 0 Å². The molecule has 0 saturated heterocycles. The molecule has 1 heterocycles. The third-order valence-electron chi connectivity index (χ3n) is 2.26. The van der Waals surface area contributed by atoms with E-state index in [2.05, 4.69) is 4.98 Å². The molecule has 17 heavy (non-hydrogen) atoms. The Morgan fingerprint density at radius 2 is 2.18 bits per heavy atom. The highest BCUT2D eigenvalue weighted by Crippen LogP contribution is 2.22. The van der Waals surface area contributed by atoms with Gasteiger partial charge in [-0.25, -0.2) is 4.98 Å². The predicted octanol–water partition coefficient (Wildman–Crippen LogP) is 1.55. The summed E-state index contributed by atoms with van der Waals surface area (Å²) in [4.78, 5) is 14.7. The maximum Gasteiger partial charge on any atom is 0.224 e. The van der Waals surface area contributed by atoms with Crippen molar-refractivity contribution in [2.75, 3.05) is 0 Å². The lowest BCUT2D eigenvalue weighted by atomic mass is 10.2. The quantitative estimate of drug-likeness (QED) is 0.868. The Morgan fingerprint density at radius 1 is 1.47 bits per heavy atom. The number of hydrogen-bond acceptors (Lipinski definition) is 4. The number of aliphatic hydroxyl groups is 1. The Kier molecular flexibility index (Phi) is 4.48. The van der Waals surface area contributed by atoms with E-state index >= 15 is 0 Å². The van der Waals surface area contributed by atoms with E-state index in [9.17, 15) is 9.90 Å². The van der Waals surface area contributed by atoms with Gasteiger partial charge in [0.15, 0.2) is 5.58 Å². The minimum atomic E-state index is -0.889. The lowest BCUT2D eigenvalue weighted by Crippen LogP contribution is -2.12. The molecule has 0 aliphatic heterocycles. The average molecular weight is 257 g/mol. The van der Waals surface area contributed by atoms with Crippen LogP contribution in [0.2, 0.25) is 0 Å². The van der Waals surface area contributed by atoms with Crippen LogP contribution in [0.5, 0.6) is 0 Å². The van der Waals surface area contributed by atoms with Crippen LogP contribution in [0.4, 0.5) is 0 Å². The molecule has 0 radical (unpaired) electrons. The highest BCUT2D eigenvalue weighted by Gasteiger charge is 2.15. The second kappa shape index (κ2) is 5.65. The number of primary amides is 1. The first-order chi connectivity index (χ1) is 7.66. The zero-order valence-electron chi connectivity index (χ0n) is 9.00. The monoisotopic (exact) mass is 256 g/mol. The standard InChI is InChI=1S/C11H12N2O3.ClH/c12-10(15)6-5-8(14)11-13-7-3-1-2-4-9(7)16-11;/h1-4,8,14H,5-6H2,(H2,12,15);1H/t8-;/m0./s1. The summed E-state index contributed by atoms with van der Waals surface area (Å²) < 4.78 is 5.35. The fraction of sp³-hybridized carbons (Fsp3) is 0.273. The summed E-state index contributed by atoms with van der Waals surface area (Å²) in [5.74, 6) is -0.224. The van der Waals surface area contributed by atoms with Gasteiger partial charge in [-0.05, 0) is 18.6 Å². The molecule has 2 rings (SSSR count). The average Bonchev–Trinajstić information content (AvgIpc) is 2.69. The van der Waals surface area contributed by atoms with Gasteiger partial charge in [-0.1, -0.05) is 12.1 Å². The highest BCUT2D eigenvalue weighted by atomic mass is 35.5. The molecule has 0 saturated carbocycles. The second-order valence-corrected chi connectivity index (χ2v) is 3.54. The Balaban J connectivity index is 0.00000144. The molecular weight excluding hydrogens is 244 g/mol. The molecule has 5 nitrogen and oxygen atoms in total. The number of aliphatic hydroxyl groups excluding tert-OH is 1. The van der Waals surface area contributed by atoms with E-state index in [1.54, 1.807) is 12.1 Å². The van der Waals surface area contributed by atoms with Crippen molar-refractivity contribution in [3.8, 4) is 0 Å². The highest BCUT2D eigenvalue weighted by molar-refractivity contribution is 5.85. The number of amides is 1. The number of oxazole rings is 1. The van der Waals surface area contributed by atoms with Gasteiger partial charge in [0, 0.05) is 6.42 Å². The zero-order valence-corrected chi connectivity index (χ0v) is 9.81. The van der Waals surface area contributed by atoms with E-state index in [1.165, 1.54) is 0 Å². The van der Waals surface area contributed by atoms with E-state index < -0.39 is 12.0 Å². The molecule has 2 aromatic rings. The van der Waals surface area contributed by atoms with E-state index in [4.69, 9.17) is 10.2 Å². The Hall–Kier alpha value is -1.59. The maximum absolute atomic E-state index is 10.6. The molecule has 6 heteroatoms. The van der Waals surface area contributed by atoms with Gasteiger partial charge in [0.05, 0.1) is 0 Å². The summed E-state index contributed by atoms with van der Waals surface area (Å²) in [5.41, 5.74) is 6.30. The van der Waals surface area contributed by atoms with Crippen LogP contribution in [0.15, 0.2) is 28.7 Å². The largest absolute Gasteiger partial charge is 0.438 e. The van der Waals surface area contributed by atoms with E-state index in [0.717, 1.165) is 0 Å². The van der Waals surface area contributed by atoms with Crippen LogP contribution in [0, 0.1) is 0 Å². The number of carbonyl (C=O) groups is 1. The van der Waals surface area contributed by atoms with E-state index in [1.807, 2.05) is 12.1 Å². The zero-order chi connectivity index (χ0) is 11.5. The summed E-state index contributed by atoms with van der Waals surface area (Å²) in [5, 5.41) is 9.71. The summed E-state index contributed by atoms with van der Waals surface area (Å²) >= 11 is 0. The van der Waals surface area contributed by atoms with Crippen molar-refractivity contribution in [3.05, 3.63) is 30.2 Å². The number of rotatable bonds is 4. The van der Waals surface area contributed by atoms with Gasteiger partial charge < -0.3 is 15.3 Å². The van der Waals surface area contributed by atoms with Crippen molar-refractivity contribution in [2.45, 2.75) is 18.9 Å². The van der Waals surface area contributed by atoms with Crippen LogP contribution in [-0.4, -0.2) is 16.0 Å². The predicted molar refractivity (Wildman–Crippen MR) is 64.6 cm³/mol. The minimum Gasteiger partial charge on any atom is -0.438 e. The van der Waals surface area contributed by atoms with Gasteiger partial charge in [0.2, 0.25) is 11.8 Å². The third kappa shape index (κ3) is 3.18. The lowest BCUT2D eigenvalue weighted by molar-refractivity contribution is -0.118. The van der Waals surface area contributed by atoms with Crippen molar-refractivity contribution in [3.63, 3.8) is 0 Å². The molecular formula is C11H13ClN2O3. The number of para-hydroxylation sites is 2. The number of benzene rings is 1. The molecule has 92 valence electrons. The van der Waals surface area contributed by atoms with Gasteiger partial charge in [0.1, 0.15) is 11.6 Å². The Labute approximate surface area is 104 Å². The number of hydrogen-bond donors (Lipinski definition) is 2. The number of nitrogens with two attached hydrogens (primary N) is 1. The molecule has 0 aliphatic rings. The summed E-state index contributed by atoms with van der Waals surface area (Å²) in [6.45, 7) is 0. The number of nitrogens with zero attached hydrogens (tertiary/aromatic N) is 1. The fourth-order valence-corrected chi connectivity index (χ4v) is 1.44. The van der Waals surface area contributed by atoms with Gasteiger partial charge in [-0.3, -0.25) is 4.79 Å². The van der Waals surface area contributed by atoms with Crippen molar-refractivity contribution in [2.24, 2.45) is 5.73 Å². The van der Waals surface area contributed by atoms with Crippen molar-refractivity contribution >= 4 is 29.4 Å². The minimum absolute atomic E-state index is 0. The van der Waals surface area contributed by atoms with Crippen LogP contribution < -0.4 is 5.73 Å². The molecule has 3 N–H and O–H groups in total. The molecule has 0 aliphatic carbocycles. The number of carbonyl (C=O) groups excluding carboxylic acids is 1. The smallest absolute Gasteiger partial charge is 0.224 e. The molecule has 0 unspecified atom stereocenters. The van der Waals surface area contributed by atoms with Crippen LogP contribution in [0.3, 0.4) is 0 Å². The number of halogens is 1. The first-order valence-electron chi connectivity index (χ1n) is 4.98. The molecule has 1 aromatic carbocycles. The summed E-state index contributed by atoms with van der Waals surface area (Å²) in [7, 11) is 0. The second-order valence-electron chi connectivity index (χ2n) is 3.54. The molecule has 0 spiro atoms. The van der Waals surface area contributed by atoms with Gasteiger partial charge in [-0.15, -0.1) is 12.4 Å². The Bertz CT molecular complexity index is 479. The molecule has 0 fully saturated rings. The number of aromatic nitrogens is 1. The topological polar surface area (TPSA) is 89.4 Å². The summed E-state index contributed by atoms with van der Waals surface area (Å²) in [6.07, 6.45) is -0.554. The molecule has 1 aromatic heterocycles. The van der Waals surface area contributed by atoms with Crippen LogP contribution in [0.25, 0.3) is 11.1 Å². The van der Waals surface area contributed by atoms with Crippen molar-refractivity contribution in [1.29, 1.82) is 0 Å². The third-order valence-corrected chi connectivity index (χ3v) is 2.26. The van der Waals surface area contributed by atoms with Crippen LogP contribution >= 0.6 is 12.4 Å². The van der Waals surface area contributed by atoms with Crippen molar-refractivity contribution < 1.29 is 14.3 Å². The first-order valence-corrected chi connectivity index (χ1v) is 4.98. The summed E-state index contributed by atoms with van der Waals surface area (Å²) in [6, 6.07) is 7.23. The lowest BCUT2D eigenvalue weighted by Gasteiger charge is -2.03. The number of fused-ring (bicyclic) bond motifs is 1. The molecule has 0 bridgehead atoms. The molecule has 1 amide bonds. The van der Waals surface area contributed by atoms with E-state index in [0.29, 0.717) is 11.1 Å². The molecule has 1 atom stereocenters. The van der Waals surface area contributed by atoms with Crippen LogP contribution in [0.1, 0.15) is 24.8 Å². The van der Waals surface area contributed by atoms with Crippen molar-refractivity contribution in [1.82, 2.24) is 4.98 Å². The maximum atomic E-state index is 10.6. The SMILES string of the molecule is Cl.NC(=O)CC[C@H](O)c1nc2ccccc2o1. The first kappa shape index (κ1) is 13.5. The van der Waals surface area contributed by atoms with Crippen LogP contribution in [-0.2, 0) is 4.79 Å². The fourth-order valence-electron chi connectivity index (χ4n) is 1.44. The normalized spacial score (nSPS) is 12.1. The van der Waals surface area contributed by atoms with Gasteiger partial charge in [0.25, 0.3) is 0 Å². The Morgan fingerprint density at radius 3 is 2.82 bits per heavy atom. The van der Waals surface area contributed by atoms with E-state index in [-0.39, 0.29) is 31.1 Å². The van der Waals surface area contributed by atoms with Gasteiger partial charge >= 0.3 is 0 Å².